The number of nitrogens with zero attached hydrogens (tertiary/aromatic N) is 2. The number of carbonyl (C=O) groups is 3. The number of nitro benzene ring substituents is 1. The van der Waals surface area contributed by atoms with Crippen LogP contribution in [0.1, 0.15) is 16.8 Å². The minimum atomic E-state index is -0.646. The fraction of sp³-hybridized carbons (Fsp3) is 0.312. The highest BCUT2D eigenvalue weighted by atomic mass is 16.6. The van der Waals surface area contributed by atoms with Crippen molar-refractivity contribution in [2.45, 2.75) is 6.42 Å². The van der Waals surface area contributed by atoms with Crippen molar-refractivity contribution in [1.82, 2.24) is 10.4 Å². The highest BCUT2D eigenvalue weighted by Gasteiger charge is 2.59. The number of carbonyl (C=O) groups excluding carboxylic acids is 3. The van der Waals surface area contributed by atoms with Gasteiger partial charge < -0.3 is 0 Å². The Morgan fingerprint density at radius 2 is 1.62 bits per heavy atom. The molecule has 4 rings (SSSR count). The van der Waals surface area contributed by atoms with Crippen LogP contribution in [0.25, 0.3) is 0 Å². The zero-order valence-electron chi connectivity index (χ0n) is 12.4. The average molecular weight is 327 g/mol. The van der Waals surface area contributed by atoms with Crippen LogP contribution in [-0.2, 0) is 9.59 Å². The number of benzene rings is 1. The Morgan fingerprint density at radius 3 is 2.12 bits per heavy atom. The van der Waals surface area contributed by atoms with Crippen LogP contribution in [0.15, 0.2) is 36.4 Å². The molecule has 1 heterocycles. The molecule has 0 spiro atoms. The second kappa shape index (κ2) is 4.98. The summed E-state index contributed by atoms with van der Waals surface area (Å²) in [7, 11) is 0. The van der Waals surface area contributed by atoms with Gasteiger partial charge in [-0.3, -0.25) is 29.9 Å². The number of rotatable bonds is 3. The smallest absolute Gasteiger partial charge is 0.270 e. The monoisotopic (exact) mass is 327 g/mol. The number of amides is 3. The fourth-order valence-electron chi connectivity index (χ4n) is 3.91. The molecule has 2 bridgehead atoms. The summed E-state index contributed by atoms with van der Waals surface area (Å²) in [6, 6.07) is 4.96. The number of fused-ring (bicyclic) bond motifs is 5. The van der Waals surface area contributed by atoms with Gasteiger partial charge in [0.15, 0.2) is 0 Å². The summed E-state index contributed by atoms with van der Waals surface area (Å²) < 4.78 is 0. The van der Waals surface area contributed by atoms with E-state index in [1.807, 2.05) is 12.2 Å². The molecule has 1 saturated heterocycles. The molecular formula is C16H13N3O5. The Balaban J connectivity index is 1.51. The standard InChI is InChI=1S/C16H13N3O5/c20-14(8-3-5-11(6-4-8)19(23)24)17-18-15(21)12-9-1-2-10(7-9)13(12)16(18)22/h1-6,9-10,12-13H,7H2,(H,17,20)/t9-,10-,12+,13+/m1/s1. The molecular weight excluding hydrogens is 314 g/mol. The summed E-state index contributed by atoms with van der Waals surface area (Å²) in [4.78, 5) is 47.2. The summed E-state index contributed by atoms with van der Waals surface area (Å²) in [6.45, 7) is 0. The van der Waals surface area contributed by atoms with E-state index in [4.69, 9.17) is 0 Å². The van der Waals surface area contributed by atoms with Crippen LogP contribution < -0.4 is 5.43 Å². The molecule has 24 heavy (non-hydrogen) atoms. The van der Waals surface area contributed by atoms with E-state index < -0.39 is 10.8 Å². The molecule has 1 aromatic carbocycles. The lowest BCUT2D eigenvalue weighted by atomic mass is 9.85. The van der Waals surface area contributed by atoms with Crippen LogP contribution in [-0.4, -0.2) is 27.7 Å². The van der Waals surface area contributed by atoms with Crippen LogP contribution in [0.2, 0.25) is 0 Å². The van der Waals surface area contributed by atoms with Gasteiger partial charge in [0.25, 0.3) is 23.4 Å². The zero-order chi connectivity index (χ0) is 17.0. The highest BCUT2D eigenvalue weighted by molar-refractivity contribution is 6.08. The lowest BCUT2D eigenvalue weighted by Crippen LogP contribution is -2.47. The number of non-ortho nitro benzene ring substituents is 1. The molecule has 0 unspecified atom stereocenters. The molecule has 3 aliphatic rings. The lowest BCUT2D eigenvalue weighted by Gasteiger charge is -2.17. The van der Waals surface area contributed by atoms with Gasteiger partial charge in [-0.2, -0.15) is 5.01 Å². The van der Waals surface area contributed by atoms with E-state index in [1.54, 1.807) is 0 Å². The van der Waals surface area contributed by atoms with Crippen LogP contribution in [0.5, 0.6) is 0 Å². The SMILES string of the molecule is O=C(NN1C(=O)[C@@H]2[C@@H](C1=O)[C@@H]1C=C[C@@H]2C1)c1ccc([N+](=O)[O-])cc1. The van der Waals surface area contributed by atoms with E-state index >= 15 is 0 Å². The largest absolute Gasteiger partial charge is 0.272 e. The summed E-state index contributed by atoms with van der Waals surface area (Å²) in [5.74, 6) is -2.04. The van der Waals surface area contributed by atoms with Crippen molar-refractivity contribution in [2.75, 3.05) is 0 Å². The summed E-state index contributed by atoms with van der Waals surface area (Å²) in [5.41, 5.74) is 2.34. The van der Waals surface area contributed by atoms with E-state index in [0.29, 0.717) is 0 Å². The average Bonchev–Trinajstić information content (AvgIpc) is 3.24. The third-order valence-corrected chi connectivity index (χ3v) is 5.02. The van der Waals surface area contributed by atoms with Gasteiger partial charge in [0.05, 0.1) is 16.8 Å². The molecule has 122 valence electrons. The second-order valence-electron chi connectivity index (χ2n) is 6.26. The first-order chi connectivity index (χ1) is 11.5. The van der Waals surface area contributed by atoms with Gasteiger partial charge in [-0.1, -0.05) is 12.2 Å². The molecule has 1 N–H and O–H groups in total. The van der Waals surface area contributed by atoms with Gasteiger partial charge in [0.2, 0.25) is 0 Å². The van der Waals surface area contributed by atoms with Crippen molar-refractivity contribution in [3.05, 3.63) is 52.1 Å². The maximum Gasteiger partial charge on any atom is 0.270 e. The maximum absolute atomic E-state index is 12.5. The summed E-state index contributed by atoms with van der Waals surface area (Å²) >= 11 is 0. The first-order valence-electron chi connectivity index (χ1n) is 7.59. The molecule has 2 aliphatic carbocycles. The first-order valence-corrected chi connectivity index (χ1v) is 7.59. The van der Waals surface area contributed by atoms with Crippen molar-refractivity contribution in [3.8, 4) is 0 Å². The van der Waals surface area contributed by atoms with Crippen LogP contribution in [0.4, 0.5) is 5.69 Å². The third-order valence-electron chi connectivity index (χ3n) is 5.02. The molecule has 3 amide bonds. The van der Waals surface area contributed by atoms with Crippen molar-refractivity contribution < 1.29 is 19.3 Å². The first kappa shape index (κ1) is 14.6. The van der Waals surface area contributed by atoms with Gasteiger partial charge >= 0.3 is 0 Å². The molecule has 0 radical (unpaired) electrons. The molecule has 8 heteroatoms. The van der Waals surface area contributed by atoms with E-state index in [9.17, 15) is 24.5 Å². The minimum absolute atomic E-state index is 0.0673. The minimum Gasteiger partial charge on any atom is -0.272 e. The van der Waals surface area contributed by atoms with Crippen LogP contribution in [0, 0.1) is 33.8 Å². The van der Waals surface area contributed by atoms with E-state index in [-0.39, 0.29) is 46.7 Å². The molecule has 2 fully saturated rings. The summed E-state index contributed by atoms with van der Waals surface area (Å²) in [5, 5.41) is 11.4. The molecule has 4 atom stereocenters. The van der Waals surface area contributed by atoms with Crippen LogP contribution in [0.3, 0.4) is 0 Å². The Labute approximate surface area is 136 Å². The topological polar surface area (TPSA) is 110 Å². The van der Waals surface area contributed by atoms with Crippen molar-refractivity contribution in [2.24, 2.45) is 23.7 Å². The molecule has 1 aliphatic heterocycles. The van der Waals surface area contributed by atoms with Crippen molar-refractivity contribution >= 4 is 23.4 Å². The van der Waals surface area contributed by atoms with Crippen molar-refractivity contribution in [3.63, 3.8) is 0 Å². The van der Waals surface area contributed by atoms with E-state index in [1.165, 1.54) is 24.3 Å². The van der Waals surface area contributed by atoms with Gasteiger partial charge in [0.1, 0.15) is 0 Å². The Bertz CT molecular complexity index is 770. The number of imide groups is 1. The molecule has 1 aromatic rings. The number of allylic oxidation sites excluding steroid dienone is 2. The number of nitro groups is 1. The quantitative estimate of drug-likeness (QED) is 0.386. The van der Waals surface area contributed by atoms with E-state index in [2.05, 4.69) is 5.43 Å². The predicted molar refractivity (Wildman–Crippen MR) is 80.1 cm³/mol. The third kappa shape index (κ3) is 1.96. The predicted octanol–water partition coefficient (Wildman–Crippen LogP) is 1.05. The van der Waals surface area contributed by atoms with Crippen molar-refractivity contribution in [1.29, 1.82) is 0 Å². The lowest BCUT2D eigenvalue weighted by molar-refractivity contribution is -0.384. The van der Waals surface area contributed by atoms with Gasteiger partial charge in [-0.25, -0.2) is 0 Å². The number of hydrazine groups is 1. The number of nitrogens with one attached hydrogen (secondary N) is 1. The number of hydrogen-bond acceptors (Lipinski definition) is 5. The second-order valence-corrected chi connectivity index (χ2v) is 6.26. The Hall–Kier alpha value is -3.03. The molecule has 1 saturated carbocycles. The van der Waals surface area contributed by atoms with Gasteiger partial charge in [0, 0.05) is 17.7 Å². The van der Waals surface area contributed by atoms with Gasteiger partial charge in [-0.05, 0) is 30.4 Å². The fourth-order valence-corrected chi connectivity index (χ4v) is 3.91. The Morgan fingerprint density at radius 1 is 1.08 bits per heavy atom. The normalized spacial score (nSPS) is 29.9. The molecule has 0 aromatic heterocycles. The van der Waals surface area contributed by atoms with E-state index in [0.717, 1.165) is 11.4 Å². The van der Waals surface area contributed by atoms with Crippen LogP contribution >= 0.6 is 0 Å². The Kier molecular flexibility index (Phi) is 3.02. The molecule has 8 nitrogen and oxygen atoms in total. The zero-order valence-corrected chi connectivity index (χ0v) is 12.4. The summed E-state index contributed by atoms with van der Waals surface area (Å²) in [6.07, 6.45) is 4.76. The maximum atomic E-state index is 12.5. The highest BCUT2D eigenvalue weighted by Crippen LogP contribution is 2.52. The van der Waals surface area contributed by atoms with Gasteiger partial charge in [-0.15, -0.1) is 0 Å². The number of hydrogen-bond donors (Lipinski definition) is 1.